The van der Waals surface area contributed by atoms with Gasteiger partial charge in [0.15, 0.2) is 11.4 Å². The van der Waals surface area contributed by atoms with Crippen molar-refractivity contribution in [2.45, 2.75) is 31.9 Å². The Morgan fingerprint density at radius 3 is 2.84 bits per heavy atom. The molecule has 132 valence electrons. The maximum absolute atomic E-state index is 12.4. The van der Waals surface area contributed by atoms with E-state index in [-0.39, 0.29) is 19.0 Å². The lowest BCUT2D eigenvalue weighted by Gasteiger charge is -2.37. The third-order valence-corrected chi connectivity index (χ3v) is 4.39. The van der Waals surface area contributed by atoms with Gasteiger partial charge in [-0.15, -0.1) is 0 Å². The minimum atomic E-state index is -1.56. The van der Waals surface area contributed by atoms with Crippen LogP contribution in [0.15, 0.2) is 40.9 Å². The lowest BCUT2D eigenvalue weighted by atomic mass is 9.92. The van der Waals surface area contributed by atoms with Gasteiger partial charge in [-0.25, -0.2) is 0 Å². The first-order chi connectivity index (χ1) is 12.0. The van der Waals surface area contributed by atoms with Gasteiger partial charge in [-0.05, 0) is 12.8 Å². The number of nitrogens with one attached hydrogen (secondary N) is 1. The SMILES string of the molecule is CC(=O)N1CCC[C@@](O)(C(=O)NCc2cc(-c3ccccc3)on2)C1. The second-order valence-corrected chi connectivity index (χ2v) is 6.31. The van der Waals surface area contributed by atoms with Crippen LogP contribution in [0.1, 0.15) is 25.5 Å². The molecule has 0 spiro atoms. The smallest absolute Gasteiger partial charge is 0.254 e. The number of benzene rings is 1. The predicted octanol–water partition coefficient (Wildman–Crippen LogP) is 1.33. The van der Waals surface area contributed by atoms with E-state index in [1.54, 1.807) is 6.07 Å². The molecule has 3 rings (SSSR count). The molecule has 25 heavy (non-hydrogen) atoms. The predicted molar refractivity (Wildman–Crippen MR) is 90.2 cm³/mol. The third kappa shape index (κ3) is 3.88. The van der Waals surface area contributed by atoms with Crippen LogP contribution in [0, 0.1) is 0 Å². The number of likely N-dealkylation sites (tertiary alicyclic amines) is 1. The average molecular weight is 343 g/mol. The van der Waals surface area contributed by atoms with Crippen molar-refractivity contribution >= 4 is 11.8 Å². The van der Waals surface area contributed by atoms with Gasteiger partial charge < -0.3 is 19.8 Å². The Hall–Kier alpha value is -2.67. The number of nitrogens with zero attached hydrogens (tertiary/aromatic N) is 2. The van der Waals surface area contributed by atoms with Crippen LogP contribution in [0.2, 0.25) is 0 Å². The summed E-state index contributed by atoms with van der Waals surface area (Å²) in [5, 5.41) is 17.2. The number of carbonyl (C=O) groups excluding carboxylic acids is 2. The fourth-order valence-electron chi connectivity index (χ4n) is 2.96. The van der Waals surface area contributed by atoms with E-state index in [0.717, 1.165) is 5.56 Å². The number of piperidine rings is 1. The molecule has 1 fully saturated rings. The molecule has 1 aliphatic heterocycles. The molecular weight excluding hydrogens is 322 g/mol. The van der Waals surface area contributed by atoms with Crippen LogP contribution in [-0.4, -0.2) is 45.7 Å². The summed E-state index contributed by atoms with van der Waals surface area (Å²) in [6.45, 7) is 2.17. The zero-order chi connectivity index (χ0) is 17.9. The Morgan fingerprint density at radius 1 is 1.36 bits per heavy atom. The van der Waals surface area contributed by atoms with E-state index in [0.29, 0.717) is 30.8 Å². The summed E-state index contributed by atoms with van der Waals surface area (Å²) < 4.78 is 5.29. The molecule has 1 atom stereocenters. The Kier molecular flexibility index (Phi) is 4.85. The molecule has 0 aliphatic carbocycles. The molecule has 0 unspecified atom stereocenters. The van der Waals surface area contributed by atoms with Crippen molar-refractivity contribution in [3.63, 3.8) is 0 Å². The molecule has 1 aromatic carbocycles. The topological polar surface area (TPSA) is 95.7 Å². The quantitative estimate of drug-likeness (QED) is 0.873. The number of hydrogen-bond acceptors (Lipinski definition) is 5. The molecule has 0 radical (unpaired) electrons. The zero-order valence-corrected chi connectivity index (χ0v) is 14.1. The molecule has 7 heteroatoms. The van der Waals surface area contributed by atoms with Crippen LogP contribution < -0.4 is 5.32 Å². The lowest BCUT2D eigenvalue weighted by molar-refractivity contribution is -0.150. The maximum Gasteiger partial charge on any atom is 0.254 e. The van der Waals surface area contributed by atoms with Gasteiger partial charge in [0.1, 0.15) is 5.69 Å². The van der Waals surface area contributed by atoms with E-state index >= 15 is 0 Å². The summed E-state index contributed by atoms with van der Waals surface area (Å²) in [6, 6.07) is 11.3. The first kappa shape index (κ1) is 17.2. The highest BCUT2D eigenvalue weighted by atomic mass is 16.5. The van der Waals surface area contributed by atoms with Gasteiger partial charge in [0.05, 0.1) is 13.1 Å². The molecule has 0 bridgehead atoms. The van der Waals surface area contributed by atoms with Crippen LogP contribution in [0.3, 0.4) is 0 Å². The van der Waals surface area contributed by atoms with Crippen molar-refractivity contribution in [2.75, 3.05) is 13.1 Å². The summed E-state index contributed by atoms with van der Waals surface area (Å²) in [5.74, 6) is -0.0263. The minimum Gasteiger partial charge on any atom is -0.378 e. The highest BCUT2D eigenvalue weighted by Crippen LogP contribution is 2.22. The summed E-state index contributed by atoms with van der Waals surface area (Å²) in [7, 11) is 0. The van der Waals surface area contributed by atoms with Crippen LogP contribution in [0.25, 0.3) is 11.3 Å². The van der Waals surface area contributed by atoms with Crippen molar-refractivity contribution in [1.82, 2.24) is 15.4 Å². The molecule has 1 saturated heterocycles. The van der Waals surface area contributed by atoms with Crippen molar-refractivity contribution < 1.29 is 19.2 Å². The van der Waals surface area contributed by atoms with Crippen molar-refractivity contribution in [3.8, 4) is 11.3 Å². The number of amides is 2. The van der Waals surface area contributed by atoms with Gasteiger partial charge in [-0.1, -0.05) is 35.5 Å². The normalized spacial score (nSPS) is 20.3. The van der Waals surface area contributed by atoms with Gasteiger partial charge in [-0.3, -0.25) is 9.59 Å². The van der Waals surface area contributed by atoms with Gasteiger partial charge in [0.25, 0.3) is 5.91 Å². The van der Waals surface area contributed by atoms with Gasteiger partial charge in [0.2, 0.25) is 5.91 Å². The molecule has 1 aliphatic rings. The average Bonchev–Trinajstić information content (AvgIpc) is 3.09. The van der Waals surface area contributed by atoms with Crippen LogP contribution >= 0.6 is 0 Å². The molecule has 7 nitrogen and oxygen atoms in total. The van der Waals surface area contributed by atoms with E-state index in [1.165, 1.54) is 11.8 Å². The summed E-state index contributed by atoms with van der Waals surface area (Å²) >= 11 is 0. The van der Waals surface area contributed by atoms with E-state index < -0.39 is 11.5 Å². The molecule has 2 N–H and O–H groups in total. The highest BCUT2D eigenvalue weighted by molar-refractivity contribution is 5.86. The first-order valence-electron chi connectivity index (χ1n) is 8.25. The van der Waals surface area contributed by atoms with Crippen molar-refractivity contribution in [3.05, 3.63) is 42.1 Å². The lowest BCUT2D eigenvalue weighted by Crippen LogP contribution is -2.57. The molecule has 1 aromatic heterocycles. The Bertz CT molecular complexity index is 759. The van der Waals surface area contributed by atoms with Gasteiger partial charge in [0, 0.05) is 25.1 Å². The van der Waals surface area contributed by atoms with Gasteiger partial charge >= 0.3 is 0 Å². The largest absolute Gasteiger partial charge is 0.378 e. The summed E-state index contributed by atoms with van der Waals surface area (Å²) in [4.78, 5) is 25.4. The Balaban J connectivity index is 1.61. The maximum atomic E-state index is 12.4. The van der Waals surface area contributed by atoms with E-state index in [4.69, 9.17) is 4.52 Å². The number of rotatable bonds is 4. The fraction of sp³-hybridized carbons (Fsp3) is 0.389. The molecule has 0 saturated carbocycles. The van der Waals surface area contributed by atoms with E-state index in [1.807, 2.05) is 30.3 Å². The molecule has 2 amide bonds. The van der Waals surface area contributed by atoms with E-state index in [2.05, 4.69) is 10.5 Å². The first-order valence-corrected chi connectivity index (χ1v) is 8.25. The summed E-state index contributed by atoms with van der Waals surface area (Å²) in [5.41, 5.74) is -0.0961. The van der Waals surface area contributed by atoms with Crippen molar-refractivity contribution in [1.29, 1.82) is 0 Å². The Labute approximate surface area is 145 Å². The van der Waals surface area contributed by atoms with E-state index in [9.17, 15) is 14.7 Å². The number of aliphatic hydroxyl groups is 1. The molecule has 2 aromatic rings. The second-order valence-electron chi connectivity index (χ2n) is 6.31. The van der Waals surface area contributed by atoms with Crippen LogP contribution in [0.5, 0.6) is 0 Å². The van der Waals surface area contributed by atoms with Gasteiger partial charge in [-0.2, -0.15) is 0 Å². The van der Waals surface area contributed by atoms with Crippen molar-refractivity contribution in [2.24, 2.45) is 0 Å². The standard InChI is InChI=1S/C18H21N3O4/c1-13(22)21-9-5-8-18(24,12-21)17(23)19-11-15-10-16(25-20-15)14-6-3-2-4-7-14/h2-4,6-7,10,24H,5,8-9,11-12H2,1H3,(H,19,23)/t18-/m0/s1. The minimum absolute atomic E-state index is 0.0161. The van der Waals surface area contributed by atoms with Crippen LogP contribution in [0.4, 0.5) is 0 Å². The number of β-amino-alcohol motifs (C(OH)–C–C–N with tert-alkyl or cyclic N) is 1. The van der Waals surface area contributed by atoms with Crippen LogP contribution in [-0.2, 0) is 16.1 Å². The second kappa shape index (κ2) is 7.06. The monoisotopic (exact) mass is 343 g/mol. The highest BCUT2D eigenvalue weighted by Gasteiger charge is 2.40. The fourth-order valence-corrected chi connectivity index (χ4v) is 2.96. The number of hydrogen-bond donors (Lipinski definition) is 2. The third-order valence-electron chi connectivity index (χ3n) is 4.39. The summed E-state index contributed by atoms with van der Waals surface area (Å²) in [6.07, 6.45) is 0.919. The molecule has 2 heterocycles. The zero-order valence-electron chi connectivity index (χ0n) is 14.1. The number of aromatic nitrogens is 1. The number of carbonyl (C=O) groups is 2. The Morgan fingerprint density at radius 2 is 2.12 bits per heavy atom. The molecular formula is C18H21N3O4.